The molecule has 1 unspecified atom stereocenters. The SMILES string of the molecule is N=C(N)c1ccc(CNC(=O)C2CCc3c(Cl)nc(NC4CCC4)c(=O)n32)cc1. The van der Waals surface area contributed by atoms with Crippen molar-refractivity contribution >= 4 is 29.2 Å². The van der Waals surface area contributed by atoms with E-state index in [0.717, 1.165) is 24.8 Å². The molecule has 2 aliphatic rings. The van der Waals surface area contributed by atoms with Crippen LogP contribution in [0.25, 0.3) is 0 Å². The van der Waals surface area contributed by atoms with Crippen molar-refractivity contribution in [3.63, 3.8) is 0 Å². The van der Waals surface area contributed by atoms with Crippen molar-refractivity contribution in [2.24, 2.45) is 5.73 Å². The zero-order chi connectivity index (χ0) is 20.5. The van der Waals surface area contributed by atoms with E-state index in [1.54, 1.807) is 12.1 Å². The number of nitrogen functional groups attached to an aromatic ring is 1. The summed E-state index contributed by atoms with van der Waals surface area (Å²) in [6.07, 6.45) is 4.20. The van der Waals surface area contributed by atoms with Gasteiger partial charge >= 0.3 is 0 Å². The van der Waals surface area contributed by atoms with Gasteiger partial charge in [-0.3, -0.25) is 19.6 Å². The van der Waals surface area contributed by atoms with Gasteiger partial charge in [0.15, 0.2) is 11.0 Å². The van der Waals surface area contributed by atoms with Crippen LogP contribution in [0.3, 0.4) is 0 Å². The first-order valence-corrected chi connectivity index (χ1v) is 10.1. The normalized spacial score (nSPS) is 18.0. The second-order valence-corrected chi connectivity index (χ2v) is 7.89. The largest absolute Gasteiger partial charge is 0.384 e. The van der Waals surface area contributed by atoms with Crippen molar-refractivity contribution in [1.82, 2.24) is 14.9 Å². The fourth-order valence-corrected chi connectivity index (χ4v) is 3.97. The molecule has 0 spiro atoms. The van der Waals surface area contributed by atoms with E-state index in [2.05, 4.69) is 15.6 Å². The molecular weight excluding hydrogens is 392 g/mol. The maximum atomic E-state index is 12.9. The van der Waals surface area contributed by atoms with Gasteiger partial charge in [-0.2, -0.15) is 0 Å². The van der Waals surface area contributed by atoms with E-state index in [-0.39, 0.29) is 34.3 Å². The monoisotopic (exact) mass is 414 g/mol. The lowest BCUT2D eigenvalue weighted by Gasteiger charge is -2.27. The van der Waals surface area contributed by atoms with E-state index >= 15 is 0 Å². The van der Waals surface area contributed by atoms with E-state index in [0.29, 0.717) is 30.6 Å². The minimum Gasteiger partial charge on any atom is -0.384 e. The van der Waals surface area contributed by atoms with Crippen LogP contribution in [-0.2, 0) is 17.8 Å². The first-order valence-electron chi connectivity index (χ1n) is 9.72. The summed E-state index contributed by atoms with van der Waals surface area (Å²) in [6.45, 7) is 0.323. The number of nitrogens with one attached hydrogen (secondary N) is 3. The number of aromatic nitrogens is 2. The fraction of sp³-hybridized carbons (Fsp3) is 0.400. The lowest BCUT2D eigenvalue weighted by atomic mass is 9.93. The molecule has 8 nitrogen and oxygen atoms in total. The maximum Gasteiger partial charge on any atom is 0.294 e. The van der Waals surface area contributed by atoms with Gasteiger partial charge in [0, 0.05) is 18.2 Å². The number of rotatable bonds is 6. The topological polar surface area (TPSA) is 126 Å². The average Bonchev–Trinajstić information content (AvgIpc) is 3.12. The van der Waals surface area contributed by atoms with Gasteiger partial charge in [-0.25, -0.2) is 4.98 Å². The molecule has 9 heteroatoms. The van der Waals surface area contributed by atoms with Crippen LogP contribution in [0.2, 0.25) is 5.15 Å². The molecule has 1 aliphatic carbocycles. The predicted molar refractivity (Wildman–Crippen MR) is 111 cm³/mol. The van der Waals surface area contributed by atoms with Crippen molar-refractivity contribution in [3.05, 3.63) is 56.6 Å². The first-order chi connectivity index (χ1) is 13.9. The molecule has 2 heterocycles. The van der Waals surface area contributed by atoms with Crippen molar-refractivity contribution in [1.29, 1.82) is 5.41 Å². The highest BCUT2D eigenvalue weighted by molar-refractivity contribution is 6.30. The van der Waals surface area contributed by atoms with Gasteiger partial charge in [0.05, 0.1) is 5.69 Å². The van der Waals surface area contributed by atoms with Gasteiger partial charge < -0.3 is 16.4 Å². The molecule has 1 atom stereocenters. The van der Waals surface area contributed by atoms with Crippen LogP contribution < -0.4 is 21.9 Å². The number of amidine groups is 1. The van der Waals surface area contributed by atoms with Gasteiger partial charge in [-0.1, -0.05) is 35.9 Å². The smallest absolute Gasteiger partial charge is 0.294 e. The number of halogens is 1. The third kappa shape index (κ3) is 3.85. The molecule has 0 bridgehead atoms. The number of benzene rings is 1. The quantitative estimate of drug-likeness (QED) is 0.424. The molecule has 1 fully saturated rings. The number of carbonyl (C=O) groups is 1. The molecule has 0 radical (unpaired) electrons. The van der Waals surface area contributed by atoms with Crippen LogP contribution in [0.15, 0.2) is 29.1 Å². The number of carbonyl (C=O) groups excluding carboxylic acids is 1. The third-order valence-electron chi connectivity index (χ3n) is 5.61. The van der Waals surface area contributed by atoms with Crippen LogP contribution in [0.1, 0.15) is 48.5 Å². The number of amides is 1. The molecule has 152 valence electrons. The summed E-state index contributed by atoms with van der Waals surface area (Å²) in [5.41, 5.74) is 7.29. The van der Waals surface area contributed by atoms with Crippen LogP contribution in [0.5, 0.6) is 0 Å². The number of hydrogen-bond donors (Lipinski definition) is 4. The Balaban J connectivity index is 1.49. The molecular formula is C20H23ClN6O2. The first kappa shape index (κ1) is 19.4. The van der Waals surface area contributed by atoms with Crippen LogP contribution >= 0.6 is 11.6 Å². The summed E-state index contributed by atoms with van der Waals surface area (Å²) < 4.78 is 1.49. The van der Waals surface area contributed by atoms with Crippen LogP contribution in [0.4, 0.5) is 5.82 Å². The van der Waals surface area contributed by atoms with Gasteiger partial charge in [0.25, 0.3) is 5.56 Å². The summed E-state index contributed by atoms with van der Waals surface area (Å²) in [5, 5.41) is 13.8. The number of nitrogens with two attached hydrogens (primary N) is 1. The predicted octanol–water partition coefficient (Wildman–Crippen LogP) is 1.95. The minimum absolute atomic E-state index is 0.000624. The zero-order valence-corrected chi connectivity index (χ0v) is 16.6. The summed E-state index contributed by atoms with van der Waals surface area (Å²) in [5.74, 6) is 0.000604. The van der Waals surface area contributed by atoms with E-state index in [1.165, 1.54) is 4.57 Å². The lowest BCUT2D eigenvalue weighted by molar-refractivity contribution is -0.124. The highest BCUT2D eigenvalue weighted by Gasteiger charge is 2.33. The maximum absolute atomic E-state index is 12.9. The summed E-state index contributed by atoms with van der Waals surface area (Å²) in [4.78, 5) is 30.0. The van der Waals surface area contributed by atoms with E-state index in [1.807, 2.05) is 12.1 Å². The molecule has 1 aliphatic heterocycles. The van der Waals surface area contributed by atoms with Crippen LogP contribution in [-0.4, -0.2) is 27.3 Å². The van der Waals surface area contributed by atoms with Gasteiger partial charge in [-0.05, 0) is 37.7 Å². The van der Waals surface area contributed by atoms with Crippen molar-refractivity contribution < 1.29 is 4.79 Å². The van der Waals surface area contributed by atoms with Crippen LogP contribution in [0, 0.1) is 5.41 Å². The fourth-order valence-electron chi connectivity index (χ4n) is 3.70. The second kappa shape index (κ2) is 7.87. The van der Waals surface area contributed by atoms with Gasteiger partial charge in [-0.15, -0.1) is 0 Å². The second-order valence-electron chi connectivity index (χ2n) is 7.53. The highest BCUT2D eigenvalue weighted by atomic mass is 35.5. The summed E-state index contributed by atoms with van der Waals surface area (Å²) in [7, 11) is 0. The Hall–Kier alpha value is -2.87. The Kier molecular flexibility index (Phi) is 5.27. The molecule has 1 aromatic heterocycles. The molecule has 2 aromatic rings. The standard InChI is InChI=1S/C20H23ClN6O2/c21-16-14-8-9-15(27(14)20(29)18(26-16)25-13-2-1-3-13)19(28)24-10-11-4-6-12(7-5-11)17(22)23/h4-7,13,15H,1-3,8-10H2,(H3,22,23)(H,24,28)(H,25,26). The Morgan fingerprint density at radius 1 is 1.28 bits per heavy atom. The summed E-state index contributed by atoms with van der Waals surface area (Å²) in [6, 6.07) is 6.75. The minimum atomic E-state index is -0.601. The number of nitrogens with zero attached hydrogens (tertiary/aromatic N) is 2. The highest BCUT2D eigenvalue weighted by Crippen LogP contribution is 2.30. The van der Waals surface area contributed by atoms with E-state index in [9.17, 15) is 9.59 Å². The van der Waals surface area contributed by atoms with Crippen molar-refractivity contribution in [2.45, 2.75) is 50.7 Å². The summed E-state index contributed by atoms with van der Waals surface area (Å²) >= 11 is 6.30. The van der Waals surface area contributed by atoms with E-state index in [4.69, 9.17) is 22.7 Å². The molecule has 1 saturated carbocycles. The molecule has 29 heavy (non-hydrogen) atoms. The van der Waals surface area contributed by atoms with Crippen molar-refractivity contribution in [3.8, 4) is 0 Å². The molecule has 0 saturated heterocycles. The Morgan fingerprint density at radius 2 is 2.00 bits per heavy atom. The third-order valence-corrected chi connectivity index (χ3v) is 5.91. The number of fused-ring (bicyclic) bond motifs is 1. The zero-order valence-electron chi connectivity index (χ0n) is 15.9. The van der Waals surface area contributed by atoms with Gasteiger partial charge in [0.1, 0.15) is 11.9 Å². The number of anilines is 1. The van der Waals surface area contributed by atoms with E-state index < -0.39 is 6.04 Å². The van der Waals surface area contributed by atoms with Crippen molar-refractivity contribution in [2.75, 3.05) is 5.32 Å². The average molecular weight is 415 g/mol. The lowest BCUT2D eigenvalue weighted by Crippen LogP contribution is -2.38. The molecule has 4 rings (SSSR count). The number of hydrogen-bond acceptors (Lipinski definition) is 5. The molecule has 1 amide bonds. The Labute approximate surface area is 173 Å². The van der Waals surface area contributed by atoms with Gasteiger partial charge in [0.2, 0.25) is 5.91 Å². The molecule has 5 N–H and O–H groups in total. The Bertz CT molecular complexity index is 1010. The Morgan fingerprint density at radius 3 is 2.62 bits per heavy atom. The molecule has 1 aromatic carbocycles.